The monoisotopic (exact) mass is 381 g/mol. The van der Waals surface area contributed by atoms with E-state index in [4.69, 9.17) is 14.4 Å². The molecule has 12 nitrogen and oxygen atoms in total. The van der Waals surface area contributed by atoms with E-state index in [0.717, 1.165) is 10.8 Å². The second-order valence-corrected chi connectivity index (χ2v) is 7.08. The lowest BCUT2D eigenvalue weighted by Gasteiger charge is -2.18. The molecule has 1 aliphatic heterocycles. The smallest absolute Gasteiger partial charge is 0.330 e. The first-order valence-electron chi connectivity index (χ1n) is 7.26. The topological polar surface area (TPSA) is 191 Å². The molecule has 0 aromatic carbocycles. The molecule has 0 radical (unpaired) electrons. The number of hydrogen-bond acceptors (Lipinski definition) is 9. The molecule has 1 saturated heterocycles. The highest BCUT2D eigenvalue weighted by Gasteiger charge is 2.43. The lowest BCUT2D eigenvalue weighted by Crippen LogP contribution is -2.39. The van der Waals surface area contributed by atoms with Crippen molar-refractivity contribution in [1.82, 2.24) is 14.9 Å². The van der Waals surface area contributed by atoms with Gasteiger partial charge in [-0.1, -0.05) is 0 Å². The number of aliphatic hydroxyl groups excluding tert-OH is 3. The predicted molar refractivity (Wildman–Crippen MR) is 82.5 cm³/mol. The summed E-state index contributed by atoms with van der Waals surface area (Å²) in [4.78, 5) is 25.7. The van der Waals surface area contributed by atoms with E-state index in [2.05, 4.69) is 5.32 Å². The summed E-state index contributed by atoms with van der Waals surface area (Å²) in [6.45, 7) is -0.831. The molecule has 25 heavy (non-hydrogen) atoms. The third kappa shape index (κ3) is 4.72. The Labute approximate surface area is 141 Å². The van der Waals surface area contributed by atoms with E-state index in [9.17, 15) is 28.2 Å². The molecule has 0 amide bonds. The molecule has 0 aliphatic carbocycles. The Hall–Kier alpha value is -1.61. The van der Waals surface area contributed by atoms with Crippen molar-refractivity contribution in [2.24, 2.45) is 0 Å². The highest BCUT2D eigenvalue weighted by Crippen LogP contribution is 2.27. The van der Waals surface area contributed by atoms with E-state index >= 15 is 0 Å². The van der Waals surface area contributed by atoms with Gasteiger partial charge in [0.05, 0.1) is 12.4 Å². The predicted octanol–water partition coefficient (Wildman–Crippen LogP) is -3.87. The zero-order valence-corrected chi connectivity index (χ0v) is 13.7. The summed E-state index contributed by atoms with van der Waals surface area (Å²) >= 11 is 0. The molecule has 6 N–H and O–H groups in total. The van der Waals surface area contributed by atoms with E-state index in [1.54, 1.807) is 0 Å². The fraction of sp³-hybridized carbons (Fsp3) is 0.667. The average molecular weight is 381 g/mol. The molecular weight excluding hydrogens is 362 g/mol. The maximum atomic E-state index is 11.9. The number of aromatic amines is 1. The molecular formula is C12H19N3O9S. The first kappa shape index (κ1) is 19.7. The van der Waals surface area contributed by atoms with Gasteiger partial charge in [0.25, 0.3) is 15.7 Å². The lowest BCUT2D eigenvalue weighted by molar-refractivity contribution is -0.0551. The average Bonchev–Trinajstić information content (AvgIpc) is 2.80. The largest absolute Gasteiger partial charge is 0.394 e. The lowest BCUT2D eigenvalue weighted by atomic mass is 10.1. The van der Waals surface area contributed by atoms with Crippen molar-refractivity contribution in [3.63, 3.8) is 0 Å². The van der Waals surface area contributed by atoms with Gasteiger partial charge in [-0.15, -0.1) is 0 Å². The SMILES string of the molecule is O=c1[nH]c(=O)n([C@@H]2O[C@H](CO)[C@H](O)C2O)cc1CNCCS(=O)(=O)O. The first-order chi connectivity index (χ1) is 11.6. The fourth-order valence-electron chi connectivity index (χ4n) is 2.38. The number of rotatable bonds is 7. The summed E-state index contributed by atoms with van der Waals surface area (Å²) in [6, 6.07) is 0. The molecule has 1 aromatic rings. The van der Waals surface area contributed by atoms with Gasteiger partial charge in [-0.3, -0.25) is 18.9 Å². The zero-order valence-electron chi connectivity index (χ0n) is 12.9. The van der Waals surface area contributed by atoms with Gasteiger partial charge in [0.2, 0.25) is 0 Å². The summed E-state index contributed by atoms with van der Waals surface area (Å²) < 4.78 is 36.0. The normalized spacial score (nSPS) is 26.9. The molecule has 1 fully saturated rings. The van der Waals surface area contributed by atoms with Crippen LogP contribution >= 0.6 is 0 Å². The summed E-state index contributed by atoms with van der Waals surface area (Å²) in [5, 5.41) is 31.4. The minimum Gasteiger partial charge on any atom is -0.394 e. The third-order valence-electron chi connectivity index (χ3n) is 3.69. The van der Waals surface area contributed by atoms with Crippen LogP contribution in [-0.4, -0.2) is 75.1 Å². The number of ether oxygens (including phenoxy) is 1. The van der Waals surface area contributed by atoms with Gasteiger partial charge in [0.15, 0.2) is 6.23 Å². The Bertz CT molecular complexity index is 818. The summed E-state index contributed by atoms with van der Waals surface area (Å²) in [5.41, 5.74) is -1.58. The van der Waals surface area contributed by atoms with Gasteiger partial charge < -0.3 is 25.4 Å². The van der Waals surface area contributed by atoms with Crippen LogP contribution in [-0.2, 0) is 21.4 Å². The van der Waals surface area contributed by atoms with Gasteiger partial charge in [0, 0.05) is 24.8 Å². The highest BCUT2D eigenvalue weighted by atomic mass is 32.2. The summed E-state index contributed by atoms with van der Waals surface area (Å²) in [7, 11) is -4.15. The Morgan fingerprint density at radius 3 is 2.52 bits per heavy atom. The van der Waals surface area contributed by atoms with Crippen LogP contribution in [0.15, 0.2) is 15.8 Å². The molecule has 1 unspecified atom stereocenters. The number of hydrogen-bond donors (Lipinski definition) is 6. The first-order valence-corrected chi connectivity index (χ1v) is 8.87. The second-order valence-electron chi connectivity index (χ2n) is 5.51. The van der Waals surface area contributed by atoms with Crippen molar-refractivity contribution in [2.45, 2.75) is 31.1 Å². The van der Waals surface area contributed by atoms with Gasteiger partial charge >= 0.3 is 5.69 Å². The van der Waals surface area contributed by atoms with Crippen LogP contribution in [0.25, 0.3) is 0 Å². The molecule has 0 bridgehead atoms. The Morgan fingerprint density at radius 2 is 1.96 bits per heavy atom. The number of nitrogens with one attached hydrogen (secondary N) is 2. The van der Waals surface area contributed by atoms with Crippen molar-refractivity contribution in [1.29, 1.82) is 0 Å². The fourth-order valence-corrected chi connectivity index (χ4v) is 2.78. The van der Waals surface area contributed by atoms with Crippen molar-refractivity contribution in [3.8, 4) is 0 Å². The molecule has 2 rings (SSSR count). The van der Waals surface area contributed by atoms with E-state index < -0.39 is 58.3 Å². The Kier molecular flexibility index (Phi) is 6.10. The van der Waals surface area contributed by atoms with Crippen molar-refractivity contribution in [2.75, 3.05) is 18.9 Å². The van der Waals surface area contributed by atoms with Crippen molar-refractivity contribution < 1.29 is 33.0 Å². The number of aliphatic hydroxyl groups is 3. The Morgan fingerprint density at radius 1 is 1.28 bits per heavy atom. The van der Waals surface area contributed by atoms with Crippen LogP contribution in [0.1, 0.15) is 11.8 Å². The standard InChI is InChI=1S/C12H19N3O9S/c16-5-7-8(17)9(18)11(24-7)15-4-6(10(19)14-12(15)20)3-13-1-2-25(21,22)23/h4,7-9,11,13,16-18H,1-3,5H2,(H,14,19,20)(H,21,22,23)/t7-,8+,9?,11-/m1/s1. The van der Waals surface area contributed by atoms with Crippen LogP contribution in [0.5, 0.6) is 0 Å². The molecule has 0 spiro atoms. The molecule has 0 saturated carbocycles. The second kappa shape index (κ2) is 7.74. The minimum absolute atomic E-state index is 0.0349. The van der Waals surface area contributed by atoms with Gasteiger partial charge in [-0.25, -0.2) is 4.79 Å². The maximum Gasteiger partial charge on any atom is 0.330 e. The third-order valence-corrected chi connectivity index (χ3v) is 4.41. The van der Waals surface area contributed by atoms with Crippen molar-refractivity contribution in [3.05, 3.63) is 32.6 Å². The quantitative estimate of drug-likeness (QED) is 0.201. The van der Waals surface area contributed by atoms with Crippen molar-refractivity contribution >= 4 is 10.1 Å². The van der Waals surface area contributed by atoms with Gasteiger partial charge in [-0.2, -0.15) is 8.42 Å². The molecule has 4 atom stereocenters. The number of H-pyrrole nitrogens is 1. The molecule has 142 valence electrons. The molecule has 13 heteroatoms. The van der Waals surface area contributed by atoms with Crippen LogP contribution in [0, 0.1) is 0 Å². The summed E-state index contributed by atoms with van der Waals surface area (Å²) in [5.74, 6) is -0.556. The van der Waals surface area contributed by atoms with Crippen LogP contribution in [0.3, 0.4) is 0 Å². The van der Waals surface area contributed by atoms with Gasteiger partial charge in [-0.05, 0) is 0 Å². The zero-order chi connectivity index (χ0) is 18.8. The van der Waals surface area contributed by atoms with E-state index in [1.807, 2.05) is 4.98 Å². The Balaban J connectivity index is 2.18. The van der Waals surface area contributed by atoms with E-state index in [0.29, 0.717) is 0 Å². The minimum atomic E-state index is -4.15. The molecule has 2 heterocycles. The molecule has 1 aromatic heterocycles. The molecule has 1 aliphatic rings. The van der Waals surface area contributed by atoms with E-state index in [1.165, 1.54) is 0 Å². The van der Waals surface area contributed by atoms with Crippen LogP contribution in [0.4, 0.5) is 0 Å². The maximum absolute atomic E-state index is 11.9. The number of nitrogens with zero attached hydrogens (tertiary/aromatic N) is 1. The van der Waals surface area contributed by atoms with Gasteiger partial charge in [0.1, 0.15) is 18.3 Å². The highest BCUT2D eigenvalue weighted by molar-refractivity contribution is 7.85. The number of aromatic nitrogens is 2. The summed E-state index contributed by atoms with van der Waals surface area (Å²) in [6.07, 6.45) is -4.21. The van der Waals surface area contributed by atoms with Crippen LogP contribution in [0.2, 0.25) is 0 Å². The van der Waals surface area contributed by atoms with Crippen LogP contribution < -0.4 is 16.6 Å². The van der Waals surface area contributed by atoms with E-state index in [-0.39, 0.29) is 18.7 Å².